The molecule has 0 aliphatic carbocycles. The van der Waals surface area contributed by atoms with Crippen LogP contribution in [0, 0.1) is 20.8 Å². The summed E-state index contributed by atoms with van der Waals surface area (Å²) in [6.45, 7) is 7.11. The van der Waals surface area contributed by atoms with Crippen LogP contribution in [0.5, 0.6) is 0 Å². The number of benzene rings is 1. The highest BCUT2D eigenvalue weighted by Gasteiger charge is 2.25. The lowest BCUT2D eigenvalue weighted by Gasteiger charge is -2.16. The second-order valence-corrected chi connectivity index (χ2v) is 7.43. The number of rotatable bonds is 6. The zero-order chi connectivity index (χ0) is 20.5. The Morgan fingerprint density at radius 1 is 1.24 bits per heavy atom. The van der Waals surface area contributed by atoms with Crippen molar-refractivity contribution in [1.29, 1.82) is 0 Å². The van der Waals surface area contributed by atoms with Crippen LogP contribution in [0.25, 0.3) is 5.69 Å². The van der Waals surface area contributed by atoms with E-state index in [1.807, 2.05) is 50.0 Å². The molecule has 3 aromatic rings. The lowest BCUT2D eigenvalue weighted by atomic mass is 9.95. The number of aliphatic hydroxyl groups is 1. The molecular weight excluding hydrogens is 368 g/mol. The summed E-state index contributed by atoms with van der Waals surface area (Å²) in [4.78, 5) is 16.1. The minimum absolute atomic E-state index is 0.279. The van der Waals surface area contributed by atoms with Gasteiger partial charge in [-0.15, -0.1) is 0 Å². The molecule has 0 saturated carbocycles. The third kappa shape index (κ3) is 3.92. The SMILES string of the molecule is Cc1cc(-n2cc(CNCC(O)c3ccc4c(c3C)COC4=O)cn2)cc(C)n1. The Labute approximate surface area is 169 Å². The topological polar surface area (TPSA) is 89.3 Å². The van der Waals surface area contributed by atoms with Crippen molar-refractivity contribution in [2.75, 3.05) is 6.54 Å². The van der Waals surface area contributed by atoms with Crippen LogP contribution in [-0.2, 0) is 17.9 Å². The maximum atomic E-state index is 11.7. The van der Waals surface area contributed by atoms with E-state index < -0.39 is 6.10 Å². The molecule has 0 bridgehead atoms. The van der Waals surface area contributed by atoms with Gasteiger partial charge in [-0.25, -0.2) is 9.48 Å². The van der Waals surface area contributed by atoms with Crippen LogP contribution < -0.4 is 5.32 Å². The molecule has 3 heterocycles. The Morgan fingerprint density at radius 2 is 2.00 bits per heavy atom. The number of hydrogen-bond acceptors (Lipinski definition) is 6. The van der Waals surface area contributed by atoms with E-state index >= 15 is 0 Å². The molecule has 0 fully saturated rings. The number of ether oxygens (including phenoxy) is 1. The molecule has 0 spiro atoms. The molecule has 1 aliphatic heterocycles. The third-order valence-electron chi connectivity index (χ3n) is 5.20. The number of fused-ring (bicyclic) bond motifs is 1. The largest absolute Gasteiger partial charge is 0.457 e. The van der Waals surface area contributed by atoms with Gasteiger partial charge < -0.3 is 15.2 Å². The molecule has 29 heavy (non-hydrogen) atoms. The number of carbonyl (C=O) groups is 1. The van der Waals surface area contributed by atoms with E-state index in [-0.39, 0.29) is 12.6 Å². The fourth-order valence-corrected chi connectivity index (χ4v) is 3.73. The van der Waals surface area contributed by atoms with Gasteiger partial charge in [-0.05, 0) is 50.1 Å². The van der Waals surface area contributed by atoms with Crippen LogP contribution in [0.4, 0.5) is 0 Å². The zero-order valence-corrected chi connectivity index (χ0v) is 16.8. The molecule has 150 valence electrons. The molecule has 1 aromatic carbocycles. The summed E-state index contributed by atoms with van der Waals surface area (Å²) in [7, 11) is 0. The summed E-state index contributed by atoms with van der Waals surface area (Å²) in [5.74, 6) is -0.293. The standard InChI is InChI=1S/C22H24N4O3/c1-13-6-17(7-14(2)25-13)26-11-16(9-24-26)8-23-10-21(27)18-4-5-19-20(15(18)3)12-29-22(19)28/h4-7,9,11,21,23,27H,8,10,12H2,1-3H3. The number of aryl methyl sites for hydroxylation is 2. The van der Waals surface area contributed by atoms with Gasteiger partial charge in [-0.3, -0.25) is 4.98 Å². The third-order valence-corrected chi connectivity index (χ3v) is 5.20. The molecule has 0 amide bonds. The number of nitrogens with one attached hydrogen (secondary N) is 1. The Kier molecular flexibility index (Phi) is 5.17. The normalized spacial score (nSPS) is 14.0. The minimum Gasteiger partial charge on any atom is -0.457 e. The van der Waals surface area contributed by atoms with Crippen LogP contribution in [0.15, 0.2) is 36.7 Å². The first kappa shape index (κ1) is 19.3. The van der Waals surface area contributed by atoms with Crippen molar-refractivity contribution in [2.24, 2.45) is 0 Å². The van der Waals surface area contributed by atoms with Gasteiger partial charge in [0.25, 0.3) is 0 Å². The Balaban J connectivity index is 1.39. The number of aromatic nitrogens is 3. The van der Waals surface area contributed by atoms with Crippen LogP contribution in [0.3, 0.4) is 0 Å². The van der Waals surface area contributed by atoms with Gasteiger partial charge in [0.15, 0.2) is 0 Å². The number of hydrogen-bond donors (Lipinski definition) is 2. The van der Waals surface area contributed by atoms with Gasteiger partial charge in [0, 0.05) is 41.8 Å². The van der Waals surface area contributed by atoms with Crippen molar-refractivity contribution in [3.05, 3.63) is 75.9 Å². The molecule has 0 saturated heterocycles. The van der Waals surface area contributed by atoms with Crippen molar-refractivity contribution in [2.45, 2.75) is 40.0 Å². The summed E-state index contributed by atoms with van der Waals surface area (Å²) in [5, 5.41) is 18.3. The average molecular weight is 392 g/mol. The molecule has 1 aliphatic rings. The van der Waals surface area contributed by atoms with Gasteiger partial charge in [0.05, 0.1) is 23.6 Å². The highest BCUT2D eigenvalue weighted by Crippen LogP contribution is 2.28. The first-order valence-electron chi connectivity index (χ1n) is 9.60. The monoisotopic (exact) mass is 392 g/mol. The lowest BCUT2D eigenvalue weighted by Crippen LogP contribution is -2.21. The van der Waals surface area contributed by atoms with Crippen LogP contribution in [-0.4, -0.2) is 32.4 Å². The van der Waals surface area contributed by atoms with Crippen molar-refractivity contribution in [3.63, 3.8) is 0 Å². The van der Waals surface area contributed by atoms with Crippen molar-refractivity contribution < 1.29 is 14.6 Å². The second-order valence-electron chi connectivity index (χ2n) is 7.43. The van der Waals surface area contributed by atoms with Crippen LogP contribution >= 0.6 is 0 Å². The molecule has 4 rings (SSSR count). The van der Waals surface area contributed by atoms with Crippen LogP contribution in [0.1, 0.15) is 50.1 Å². The predicted octanol–water partition coefficient (Wildman–Crippen LogP) is 2.69. The number of cyclic esters (lactones) is 1. The summed E-state index contributed by atoms with van der Waals surface area (Å²) >= 11 is 0. The number of esters is 1. The highest BCUT2D eigenvalue weighted by molar-refractivity contribution is 5.93. The van der Waals surface area contributed by atoms with Gasteiger partial charge in [-0.2, -0.15) is 5.10 Å². The van der Waals surface area contributed by atoms with E-state index in [4.69, 9.17) is 4.74 Å². The molecule has 1 unspecified atom stereocenters. The zero-order valence-electron chi connectivity index (χ0n) is 16.8. The second kappa shape index (κ2) is 7.77. The van der Waals surface area contributed by atoms with Gasteiger partial charge in [0.1, 0.15) is 6.61 Å². The Morgan fingerprint density at radius 3 is 2.76 bits per heavy atom. The fourth-order valence-electron chi connectivity index (χ4n) is 3.73. The minimum atomic E-state index is -0.670. The average Bonchev–Trinajstić information content (AvgIpc) is 3.29. The first-order chi connectivity index (χ1) is 13.9. The Hall–Kier alpha value is -3.03. The molecule has 2 N–H and O–H groups in total. The summed E-state index contributed by atoms with van der Waals surface area (Å²) in [5.41, 5.74) is 7.11. The van der Waals surface area contributed by atoms with Crippen LogP contribution in [0.2, 0.25) is 0 Å². The van der Waals surface area contributed by atoms with E-state index in [1.54, 1.807) is 12.1 Å². The first-order valence-corrected chi connectivity index (χ1v) is 9.60. The molecule has 7 nitrogen and oxygen atoms in total. The Bertz CT molecular complexity index is 1050. The summed E-state index contributed by atoms with van der Waals surface area (Å²) < 4.78 is 6.91. The number of nitrogens with zero attached hydrogens (tertiary/aromatic N) is 3. The van der Waals surface area contributed by atoms with Crippen molar-refractivity contribution in [1.82, 2.24) is 20.1 Å². The smallest absolute Gasteiger partial charge is 0.338 e. The van der Waals surface area contributed by atoms with Gasteiger partial charge in [-0.1, -0.05) is 6.07 Å². The number of aliphatic hydroxyl groups excluding tert-OH is 1. The predicted molar refractivity (Wildman–Crippen MR) is 108 cm³/mol. The molecule has 1 atom stereocenters. The fraction of sp³-hybridized carbons (Fsp3) is 0.318. The van der Waals surface area contributed by atoms with E-state index in [2.05, 4.69) is 15.4 Å². The lowest BCUT2D eigenvalue weighted by molar-refractivity contribution is 0.0535. The molecule has 2 aromatic heterocycles. The van der Waals surface area contributed by atoms with E-state index in [9.17, 15) is 9.90 Å². The van der Waals surface area contributed by atoms with Crippen molar-refractivity contribution >= 4 is 5.97 Å². The molecule has 0 radical (unpaired) electrons. The molecular formula is C22H24N4O3. The van der Waals surface area contributed by atoms with Crippen molar-refractivity contribution in [3.8, 4) is 5.69 Å². The number of pyridine rings is 1. The highest BCUT2D eigenvalue weighted by atomic mass is 16.5. The number of carbonyl (C=O) groups excluding carboxylic acids is 1. The van der Waals surface area contributed by atoms with Gasteiger partial charge in [0.2, 0.25) is 0 Å². The van der Waals surface area contributed by atoms with E-state index in [0.717, 1.165) is 39.3 Å². The maximum absolute atomic E-state index is 11.7. The maximum Gasteiger partial charge on any atom is 0.338 e. The van der Waals surface area contributed by atoms with Gasteiger partial charge >= 0.3 is 5.97 Å². The van der Waals surface area contributed by atoms with E-state index in [1.165, 1.54) is 0 Å². The van der Waals surface area contributed by atoms with E-state index in [0.29, 0.717) is 18.7 Å². The quantitative estimate of drug-likeness (QED) is 0.627. The molecule has 7 heteroatoms. The summed E-state index contributed by atoms with van der Waals surface area (Å²) in [6.07, 6.45) is 3.11. The summed E-state index contributed by atoms with van der Waals surface area (Å²) in [6, 6.07) is 7.52.